The second-order valence-electron chi connectivity index (χ2n) is 20.4. The molecule has 1 heterocycles. The summed E-state index contributed by atoms with van der Waals surface area (Å²) in [5, 5.41) is 54.3. The van der Waals surface area contributed by atoms with Crippen molar-refractivity contribution >= 4 is 5.91 Å². The molecule has 1 aliphatic heterocycles. The Morgan fingerprint density at radius 2 is 0.868 bits per heavy atom. The number of ether oxygens (including phenoxy) is 2. The SMILES string of the molecule is CCCCCCC/C=C\C/C=C\CCCCCCCCCCCCCCCCCCCCCCCC(=O)NC(COC1OC(CO)C(O)C(O)C1O)C(O)/C=C/CCCCCCCCCCCC. The zero-order chi connectivity index (χ0) is 49.4. The topological polar surface area (TPSA) is 149 Å². The number of aliphatic hydroxyl groups excluding tert-OH is 5. The van der Waals surface area contributed by atoms with E-state index in [2.05, 4.69) is 43.5 Å². The van der Waals surface area contributed by atoms with E-state index >= 15 is 0 Å². The van der Waals surface area contributed by atoms with E-state index in [0.717, 1.165) is 44.9 Å². The minimum absolute atomic E-state index is 0.174. The number of nitrogens with one attached hydrogen (secondary N) is 1. The summed E-state index contributed by atoms with van der Waals surface area (Å²) in [4.78, 5) is 13.0. The summed E-state index contributed by atoms with van der Waals surface area (Å²) in [7, 11) is 0. The maximum atomic E-state index is 13.0. The van der Waals surface area contributed by atoms with Gasteiger partial charge in [0, 0.05) is 6.42 Å². The third kappa shape index (κ3) is 38.1. The minimum Gasteiger partial charge on any atom is -0.394 e. The van der Waals surface area contributed by atoms with Crippen LogP contribution in [0.1, 0.15) is 277 Å². The van der Waals surface area contributed by atoms with Crippen LogP contribution < -0.4 is 5.32 Å². The Bertz CT molecular complexity index is 1160. The maximum absolute atomic E-state index is 13.0. The molecule has 1 amide bonds. The molecule has 0 bridgehead atoms. The Morgan fingerprint density at radius 1 is 0.500 bits per heavy atom. The Balaban J connectivity index is 2.09. The van der Waals surface area contributed by atoms with Crippen molar-refractivity contribution in [1.82, 2.24) is 5.32 Å². The molecule has 1 fully saturated rings. The summed E-state index contributed by atoms with van der Waals surface area (Å²) < 4.78 is 11.2. The van der Waals surface area contributed by atoms with Gasteiger partial charge in [-0.2, -0.15) is 0 Å². The molecule has 1 rings (SSSR count). The normalized spacial score (nSPS) is 19.8. The number of unbranched alkanes of at least 4 members (excludes halogenated alkanes) is 36. The van der Waals surface area contributed by atoms with Gasteiger partial charge in [0.05, 0.1) is 25.4 Å². The molecular formula is C59H111NO8. The van der Waals surface area contributed by atoms with Crippen LogP contribution >= 0.6 is 0 Å². The van der Waals surface area contributed by atoms with Crippen molar-refractivity contribution in [3.63, 3.8) is 0 Å². The van der Waals surface area contributed by atoms with Crippen molar-refractivity contribution in [2.24, 2.45) is 0 Å². The van der Waals surface area contributed by atoms with Crippen molar-refractivity contribution in [1.29, 1.82) is 0 Å². The van der Waals surface area contributed by atoms with Crippen LogP contribution in [0, 0.1) is 0 Å². The number of hydrogen-bond donors (Lipinski definition) is 6. The summed E-state index contributed by atoms with van der Waals surface area (Å²) >= 11 is 0. The number of allylic oxidation sites excluding steroid dienone is 5. The van der Waals surface area contributed by atoms with E-state index in [1.54, 1.807) is 6.08 Å². The first-order valence-electron chi connectivity index (χ1n) is 29.2. The van der Waals surface area contributed by atoms with Gasteiger partial charge < -0.3 is 40.3 Å². The lowest BCUT2D eigenvalue weighted by atomic mass is 9.99. The lowest BCUT2D eigenvalue weighted by Gasteiger charge is -2.40. The quantitative estimate of drug-likeness (QED) is 0.0261. The Labute approximate surface area is 419 Å². The van der Waals surface area contributed by atoms with E-state index in [1.165, 1.54) is 212 Å². The molecule has 0 radical (unpaired) electrons. The van der Waals surface area contributed by atoms with Crippen LogP contribution in [0.2, 0.25) is 0 Å². The van der Waals surface area contributed by atoms with E-state index in [1.807, 2.05) is 6.08 Å². The predicted octanol–water partition coefficient (Wildman–Crippen LogP) is 14.4. The van der Waals surface area contributed by atoms with E-state index in [9.17, 15) is 30.3 Å². The first-order chi connectivity index (χ1) is 33.3. The number of hydrogen-bond acceptors (Lipinski definition) is 8. The molecule has 0 aliphatic carbocycles. The van der Waals surface area contributed by atoms with Crippen LogP contribution in [0.3, 0.4) is 0 Å². The van der Waals surface area contributed by atoms with Gasteiger partial charge in [0.25, 0.3) is 0 Å². The van der Waals surface area contributed by atoms with Gasteiger partial charge in [0.2, 0.25) is 5.91 Å². The fourth-order valence-corrected chi connectivity index (χ4v) is 9.31. The number of carbonyl (C=O) groups is 1. The monoisotopic (exact) mass is 962 g/mol. The van der Waals surface area contributed by atoms with Gasteiger partial charge in [0.15, 0.2) is 6.29 Å². The van der Waals surface area contributed by atoms with Gasteiger partial charge in [-0.05, 0) is 51.4 Å². The maximum Gasteiger partial charge on any atom is 0.220 e. The number of amides is 1. The smallest absolute Gasteiger partial charge is 0.220 e. The average Bonchev–Trinajstić information content (AvgIpc) is 3.34. The Morgan fingerprint density at radius 3 is 1.26 bits per heavy atom. The second kappa shape index (κ2) is 49.0. The zero-order valence-electron chi connectivity index (χ0n) is 44.4. The first-order valence-corrected chi connectivity index (χ1v) is 29.2. The first kappa shape index (κ1) is 64.4. The predicted molar refractivity (Wildman–Crippen MR) is 286 cm³/mol. The van der Waals surface area contributed by atoms with Crippen LogP contribution in [0.15, 0.2) is 36.5 Å². The highest BCUT2D eigenvalue weighted by molar-refractivity contribution is 5.76. The molecule has 0 aromatic carbocycles. The fourth-order valence-electron chi connectivity index (χ4n) is 9.31. The Hall–Kier alpha value is -1.59. The van der Waals surface area contributed by atoms with Crippen molar-refractivity contribution in [2.45, 2.75) is 320 Å². The summed E-state index contributed by atoms with van der Waals surface area (Å²) in [5.41, 5.74) is 0. The minimum atomic E-state index is -1.56. The molecule has 1 saturated heterocycles. The Kier molecular flexibility index (Phi) is 46.4. The largest absolute Gasteiger partial charge is 0.394 e. The molecule has 0 saturated carbocycles. The van der Waals surface area contributed by atoms with Gasteiger partial charge in [-0.1, -0.05) is 256 Å². The molecule has 400 valence electrons. The third-order valence-electron chi connectivity index (χ3n) is 14.0. The summed E-state index contributed by atoms with van der Waals surface area (Å²) in [6, 6.07) is -0.801. The molecular weight excluding hydrogens is 851 g/mol. The van der Waals surface area contributed by atoms with E-state index < -0.39 is 49.5 Å². The molecule has 0 aromatic rings. The van der Waals surface area contributed by atoms with Gasteiger partial charge in [0.1, 0.15) is 24.4 Å². The number of rotatable bonds is 50. The van der Waals surface area contributed by atoms with E-state index in [4.69, 9.17) is 9.47 Å². The van der Waals surface area contributed by atoms with Crippen LogP contribution in [0.25, 0.3) is 0 Å². The number of aliphatic hydroxyl groups is 5. The van der Waals surface area contributed by atoms with Crippen molar-refractivity contribution in [2.75, 3.05) is 13.2 Å². The van der Waals surface area contributed by atoms with Crippen molar-refractivity contribution in [3.05, 3.63) is 36.5 Å². The molecule has 7 atom stereocenters. The van der Waals surface area contributed by atoms with Gasteiger partial charge in [-0.25, -0.2) is 0 Å². The third-order valence-corrected chi connectivity index (χ3v) is 14.0. The van der Waals surface area contributed by atoms with Gasteiger partial charge in [-0.15, -0.1) is 0 Å². The molecule has 0 spiro atoms. The van der Waals surface area contributed by atoms with Crippen LogP contribution in [-0.4, -0.2) is 87.5 Å². The summed E-state index contributed by atoms with van der Waals surface area (Å²) in [6.45, 7) is 3.77. The lowest BCUT2D eigenvalue weighted by Crippen LogP contribution is -2.60. The molecule has 0 aromatic heterocycles. The molecule has 9 heteroatoms. The van der Waals surface area contributed by atoms with Crippen LogP contribution in [0.5, 0.6) is 0 Å². The lowest BCUT2D eigenvalue weighted by molar-refractivity contribution is -0.302. The molecule has 1 aliphatic rings. The highest BCUT2D eigenvalue weighted by atomic mass is 16.7. The van der Waals surface area contributed by atoms with Gasteiger partial charge in [-0.3, -0.25) is 4.79 Å². The zero-order valence-corrected chi connectivity index (χ0v) is 44.4. The van der Waals surface area contributed by atoms with Crippen molar-refractivity contribution < 1.29 is 39.8 Å². The van der Waals surface area contributed by atoms with Crippen molar-refractivity contribution in [3.8, 4) is 0 Å². The second-order valence-corrected chi connectivity index (χ2v) is 20.4. The van der Waals surface area contributed by atoms with Crippen LogP contribution in [-0.2, 0) is 14.3 Å². The van der Waals surface area contributed by atoms with E-state index in [-0.39, 0.29) is 12.5 Å². The van der Waals surface area contributed by atoms with E-state index in [0.29, 0.717) is 6.42 Å². The summed E-state index contributed by atoms with van der Waals surface area (Å²) in [5.74, 6) is -0.174. The fraction of sp³-hybridized carbons (Fsp3) is 0.881. The highest BCUT2D eigenvalue weighted by Crippen LogP contribution is 2.23. The van der Waals surface area contributed by atoms with Gasteiger partial charge >= 0.3 is 0 Å². The standard InChI is InChI=1S/C59H111NO8/c1-3-5-7-9-11-13-15-17-18-19-20-21-22-23-24-25-26-27-28-29-30-31-32-33-34-35-36-37-39-41-43-45-47-49-55(63)60-52(51-67-59-58(66)57(65)56(64)54(50-61)68-59)53(62)48-46-44-42-40-38-16-14-12-10-8-6-4-2/h15,17,19-20,46,48,52-54,56-59,61-62,64-66H,3-14,16,18,21-45,47,49-51H2,1-2H3,(H,60,63)/b17-15-,20-19-,48-46+. The average molecular weight is 963 g/mol. The molecule has 6 N–H and O–H groups in total. The molecule has 68 heavy (non-hydrogen) atoms. The molecule has 9 nitrogen and oxygen atoms in total. The highest BCUT2D eigenvalue weighted by Gasteiger charge is 2.44. The summed E-state index contributed by atoms with van der Waals surface area (Å²) in [6.07, 6.45) is 56.6. The van der Waals surface area contributed by atoms with Crippen LogP contribution in [0.4, 0.5) is 0 Å². The molecule has 7 unspecified atom stereocenters. The number of carbonyl (C=O) groups excluding carboxylic acids is 1.